The number of nitrogens with one attached hydrogen (secondary N) is 1. The molecule has 2 aliphatic heterocycles. The Morgan fingerprint density at radius 1 is 1.13 bits per heavy atom. The van der Waals surface area contributed by atoms with Crippen molar-refractivity contribution in [3.63, 3.8) is 0 Å². The lowest BCUT2D eigenvalue weighted by atomic mass is 10.0. The summed E-state index contributed by atoms with van der Waals surface area (Å²) in [6.07, 6.45) is 0.996. The van der Waals surface area contributed by atoms with Crippen molar-refractivity contribution in [1.82, 2.24) is 9.62 Å². The highest BCUT2D eigenvalue weighted by Crippen LogP contribution is 2.31. The van der Waals surface area contributed by atoms with Gasteiger partial charge in [0.1, 0.15) is 5.82 Å². The fourth-order valence-electron chi connectivity index (χ4n) is 4.20. The highest BCUT2D eigenvalue weighted by Gasteiger charge is 2.27. The molecule has 2 aliphatic rings. The average Bonchev–Trinajstić information content (AvgIpc) is 3.11. The number of rotatable bonds is 6. The molecule has 2 heterocycles. The highest BCUT2D eigenvalue weighted by atomic mass is 32.2. The molecule has 0 aromatic heterocycles. The smallest absolute Gasteiger partial charge is 0.240 e. The zero-order chi connectivity index (χ0) is 21.3. The molecule has 0 spiro atoms. The first kappa shape index (κ1) is 21.2. The molecule has 0 radical (unpaired) electrons. The summed E-state index contributed by atoms with van der Waals surface area (Å²) >= 11 is 0. The number of hydrogen-bond donors (Lipinski definition) is 1. The molecule has 0 bridgehead atoms. The standard InChI is InChI=1S/C22H28FN3O3S/c1-16-13-19(4-5-20(16)23)30(27,28)24-15-22(26-9-11-29-12-10-26)17-3-6-21-18(14-17)7-8-25(21)2/h3-6,13-14,22,24H,7-12,15H2,1-2H3/t22-/m1/s1. The molecule has 0 amide bonds. The number of hydrogen-bond acceptors (Lipinski definition) is 5. The topological polar surface area (TPSA) is 61.9 Å². The van der Waals surface area contributed by atoms with Gasteiger partial charge in [0.05, 0.1) is 18.1 Å². The van der Waals surface area contributed by atoms with Crippen LogP contribution in [-0.2, 0) is 21.2 Å². The van der Waals surface area contributed by atoms with Crippen LogP contribution in [0.5, 0.6) is 0 Å². The third-order valence-corrected chi connectivity index (χ3v) is 7.43. The summed E-state index contributed by atoms with van der Waals surface area (Å²) in [4.78, 5) is 4.59. The molecular formula is C22H28FN3O3S. The van der Waals surface area contributed by atoms with Crippen LogP contribution in [-0.4, -0.2) is 59.8 Å². The minimum Gasteiger partial charge on any atom is -0.379 e. The van der Waals surface area contributed by atoms with Crippen LogP contribution in [0.15, 0.2) is 41.3 Å². The van der Waals surface area contributed by atoms with Gasteiger partial charge < -0.3 is 9.64 Å². The van der Waals surface area contributed by atoms with Gasteiger partial charge in [0, 0.05) is 45.0 Å². The predicted molar refractivity (Wildman–Crippen MR) is 115 cm³/mol. The summed E-state index contributed by atoms with van der Waals surface area (Å²) < 4.78 is 47.5. The molecule has 1 N–H and O–H groups in total. The summed E-state index contributed by atoms with van der Waals surface area (Å²) in [6.45, 7) is 5.57. The van der Waals surface area contributed by atoms with Crippen LogP contribution in [0, 0.1) is 12.7 Å². The van der Waals surface area contributed by atoms with E-state index >= 15 is 0 Å². The van der Waals surface area contributed by atoms with Crippen LogP contribution in [0.25, 0.3) is 0 Å². The van der Waals surface area contributed by atoms with Gasteiger partial charge in [-0.1, -0.05) is 12.1 Å². The van der Waals surface area contributed by atoms with E-state index in [0.29, 0.717) is 18.8 Å². The van der Waals surface area contributed by atoms with Crippen molar-refractivity contribution in [3.8, 4) is 0 Å². The molecule has 162 valence electrons. The summed E-state index contributed by atoms with van der Waals surface area (Å²) in [5.41, 5.74) is 3.95. The number of ether oxygens (including phenoxy) is 1. The first-order chi connectivity index (χ1) is 14.3. The molecule has 30 heavy (non-hydrogen) atoms. The van der Waals surface area contributed by atoms with Crippen molar-refractivity contribution in [3.05, 3.63) is 58.9 Å². The van der Waals surface area contributed by atoms with Gasteiger partial charge in [-0.2, -0.15) is 0 Å². The Morgan fingerprint density at radius 2 is 1.90 bits per heavy atom. The Hall–Kier alpha value is -2.00. The van der Waals surface area contributed by atoms with E-state index < -0.39 is 15.8 Å². The maximum atomic E-state index is 13.6. The highest BCUT2D eigenvalue weighted by molar-refractivity contribution is 7.89. The van der Waals surface area contributed by atoms with Gasteiger partial charge in [-0.15, -0.1) is 0 Å². The van der Waals surface area contributed by atoms with Crippen LogP contribution in [0.1, 0.15) is 22.7 Å². The molecule has 4 rings (SSSR count). The maximum Gasteiger partial charge on any atom is 0.240 e. The van der Waals surface area contributed by atoms with Crippen LogP contribution < -0.4 is 9.62 Å². The third kappa shape index (κ3) is 4.37. The number of nitrogens with zero attached hydrogens (tertiary/aromatic N) is 2. The van der Waals surface area contributed by atoms with Gasteiger partial charge >= 0.3 is 0 Å². The van der Waals surface area contributed by atoms with E-state index in [0.717, 1.165) is 31.6 Å². The maximum absolute atomic E-state index is 13.6. The molecule has 6 nitrogen and oxygen atoms in total. The van der Waals surface area contributed by atoms with Crippen molar-refractivity contribution in [2.75, 3.05) is 51.3 Å². The fraction of sp³-hybridized carbons (Fsp3) is 0.455. The van der Waals surface area contributed by atoms with E-state index in [-0.39, 0.29) is 17.5 Å². The van der Waals surface area contributed by atoms with Crippen LogP contribution >= 0.6 is 0 Å². The second-order valence-electron chi connectivity index (χ2n) is 7.99. The summed E-state index contributed by atoms with van der Waals surface area (Å²) in [5.74, 6) is -0.414. The largest absolute Gasteiger partial charge is 0.379 e. The minimum atomic E-state index is -3.74. The van der Waals surface area contributed by atoms with Gasteiger partial charge in [-0.25, -0.2) is 17.5 Å². The molecule has 0 aliphatic carbocycles. The zero-order valence-electron chi connectivity index (χ0n) is 17.4. The first-order valence-corrected chi connectivity index (χ1v) is 11.7. The van der Waals surface area contributed by atoms with E-state index in [9.17, 15) is 12.8 Å². The number of morpholine rings is 1. The minimum absolute atomic E-state index is 0.0812. The SMILES string of the molecule is Cc1cc(S(=O)(=O)NC[C@H](c2ccc3c(c2)CCN3C)N2CCOCC2)ccc1F. The van der Waals surface area contributed by atoms with Crippen molar-refractivity contribution >= 4 is 15.7 Å². The molecule has 1 fully saturated rings. The van der Waals surface area contributed by atoms with E-state index in [4.69, 9.17) is 4.74 Å². The van der Waals surface area contributed by atoms with Gasteiger partial charge in [-0.3, -0.25) is 4.90 Å². The Morgan fingerprint density at radius 3 is 2.63 bits per heavy atom. The van der Waals surface area contributed by atoms with Gasteiger partial charge in [-0.05, 0) is 54.3 Å². The Kier molecular flexibility index (Phi) is 6.11. The monoisotopic (exact) mass is 433 g/mol. The number of fused-ring (bicyclic) bond motifs is 1. The number of halogens is 1. The third-order valence-electron chi connectivity index (χ3n) is 6.01. The molecule has 1 saturated heterocycles. The molecule has 0 unspecified atom stereocenters. The van der Waals surface area contributed by atoms with Crippen LogP contribution in [0.4, 0.5) is 10.1 Å². The van der Waals surface area contributed by atoms with E-state index in [2.05, 4.69) is 39.8 Å². The van der Waals surface area contributed by atoms with Crippen molar-refractivity contribution in [2.24, 2.45) is 0 Å². The lowest BCUT2D eigenvalue weighted by Crippen LogP contribution is -2.43. The van der Waals surface area contributed by atoms with Crippen molar-refractivity contribution < 1.29 is 17.5 Å². The lowest BCUT2D eigenvalue weighted by Gasteiger charge is -2.35. The van der Waals surface area contributed by atoms with E-state index in [1.165, 1.54) is 29.4 Å². The molecular weight excluding hydrogens is 405 g/mol. The Balaban J connectivity index is 1.58. The second-order valence-corrected chi connectivity index (χ2v) is 9.75. The van der Waals surface area contributed by atoms with E-state index in [1.54, 1.807) is 6.92 Å². The molecule has 2 aromatic carbocycles. The summed E-state index contributed by atoms with van der Waals surface area (Å²) in [6, 6.07) is 10.2. The summed E-state index contributed by atoms with van der Waals surface area (Å²) in [5, 5.41) is 0. The molecule has 8 heteroatoms. The van der Waals surface area contributed by atoms with E-state index in [1.807, 2.05) is 0 Å². The van der Waals surface area contributed by atoms with Crippen molar-refractivity contribution in [1.29, 1.82) is 0 Å². The average molecular weight is 434 g/mol. The Bertz CT molecular complexity index is 1020. The number of sulfonamides is 1. The molecule has 0 saturated carbocycles. The summed E-state index contributed by atoms with van der Waals surface area (Å²) in [7, 11) is -1.66. The predicted octanol–water partition coefficient (Wildman–Crippen LogP) is 2.48. The first-order valence-electron chi connectivity index (χ1n) is 10.3. The second kappa shape index (κ2) is 8.63. The number of aryl methyl sites for hydroxylation is 1. The number of anilines is 1. The van der Waals surface area contributed by atoms with Crippen molar-refractivity contribution in [2.45, 2.75) is 24.3 Å². The van der Waals surface area contributed by atoms with Crippen LogP contribution in [0.3, 0.4) is 0 Å². The normalized spacial score (nSPS) is 18.4. The van der Waals surface area contributed by atoms with Gasteiger partial charge in [0.15, 0.2) is 0 Å². The van der Waals surface area contributed by atoms with Crippen LogP contribution in [0.2, 0.25) is 0 Å². The zero-order valence-corrected chi connectivity index (χ0v) is 18.2. The number of likely N-dealkylation sites (N-methyl/N-ethyl adjacent to an activating group) is 1. The molecule has 2 aromatic rings. The number of benzene rings is 2. The Labute approximate surface area is 177 Å². The fourth-order valence-corrected chi connectivity index (χ4v) is 5.32. The van der Waals surface area contributed by atoms with Gasteiger partial charge in [0.2, 0.25) is 10.0 Å². The lowest BCUT2D eigenvalue weighted by molar-refractivity contribution is 0.0172. The van der Waals surface area contributed by atoms with Gasteiger partial charge in [0.25, 0.3) is 0 Å². The molecule has 1 atom stereocenters. The quantitative estimate of drug-likeness (QED) is 0.759.